The van der Waals surface area contributed by atoms with Gasteiger partial charge in [0.2, 0.25) is 11.8 Å². The van der Waals surface area contributed by atoms with E-state index >= 15 is 0 Å². The molecule has 35 heavy (non-hydrogen) atoms. The van der Waals surface area contributed by atoms with E-state index in [0.717, 1.165) is 21.8 Å². The van der Waals surface area contributed by atoms with E-state index in [1.54, 1.807) is 24.4 Å². The molecule has 0 bridgehead atoms. The molecule has 0 saturated heterocycles. The van der Waals surface area contributed by atoms with E-state index in [-0.39, 0.29) is 30.0 Å². The predicted octanol–water partition coefficient (Wildman–Crippen LogP) is 2.81. The van der Waals surface area contributed by atoms with Gasteiger partial charge in [0.15, 0.2) is 0 Å². The summed E-state index contributed by atoms with van der Waals surface area (Å²) in [6.45, 7) is 1.33. The van der Waals surface area contributed by atoms with Crippen molar-refractivity contribution in [1.82, 2.24) is 14.9 Å². The first kappa shape index (κ1) is 23.9. The van der Waals surface area contributed by atoms with E-state index in [2.05, 4.69) is 15.3 Å². The average molecular weight is 496 g/mol. The first-order chi connectivity index (χ1) is 16.8. The molecule has 1 unspecified atom stereocenters. The second kappa shape index (κ2) is 9.58. The summed E-state index contributed by atoms with van der Waals surface area (Å²) >= 11 is 6.16. The topological polar surface area (TPSA) is 144 Å². The molecule has 1 amide bonds. The minimum Gasteiger partial charge on any atom is -0.493 e. The molecule has 0 fully saturated rings. The van der Waals surface area contributed by atoms with Gasteiger partial charge in [-0.1, -0.05) is 23.7 Å². The maximum Gasteiger partial charge on any atom is 0.329 e. The number of aliphatic hydroxyl groups is 1. The number of nitrogens with zero attached hydrogens (tertiary/aromatic N) is 3. The SMILES string of the molecule is Cc1c(Cl)ccc2c1N=C/C2=C\c1[nH]c(=O)n(C(C(=O)NCCO)c2ccc(C#N)c(F)c2)c1O. The number of halogens is 2. The molecule has 0 radical (unpaired) electrons. The third-order valence-corrected chi connectivity index (χ3v) is 5.99. The molecule has 2 aromatic carbocycles. The lowest BCUT2D eigenvalue weighted by Crippen LogP contribution is -2.38. The van der Waals surface area contributed by atoms with Gasteiger partial charge in [0.25, 0.3) is 0 Å². The van der Waals surface area contributed by atoms with Crippen molar-refractivity contribution in [2.24, 2.45) is 4.99 Å². The lowest BCUT2D eigenvalue weighted by atomic mass is 10.0. The van der Waals surface area contributed by atoms with Crippen LogP contribution in [0.4, 0.5) is 10.1 Å². The van der Waals surface area contributed by atoms with Crippen LogP contribution in [-0.2, 0) is 4.79 Å². The molecule has 0 saturated carbocycles. The van der Waals surface area contributed by atoms with Crippen LogP contribution in [0.25, 0.3) is 11.6 Å². The Kier molecular flexibility index (Phi) is 6.55. The van der Waals surface area contributed by atoms with Gasteiger partial charge in [0, 0.05) is 28.9 Å². The summed E-state index contributed by atoms with van der Waals surface area (Å²) in [4.78, 5) is 32.7. The summed E-state index contributed by atoms with van der Waals surface area (Å²) in [5.74, 6) is -2.22. The largest absolute Gasteiger partial charge is 0.493 e. The Morgan fingerprint density at radius 1 is 1.40 bits per heavy atom. The number of nitrogens with one attached hydrogen (secondary N) is 2. The molecule has 4 rings (SSSR count). The Bertz CT molecular complexity index is 1500. The lowest BCUT2D eigenvalue weighted by Gasteiger charge is -2.19. The number of aromatic nitrogens is 2. The fraction of sp³-hybridized carbons (Fsp3) is 0.167. The minimum atomic E-state index is -1.48. The van der Waals surface area contributed by atoms with Crippen LogP contribution in [0.2, 0.25) is 5.02 Å². The number of allylic oxidation sites excluding steroid dienone is 1. The Morgan fingerprint density at radius 2 is 2.17 bits per heavy atom. The second-order valence-corrected chi connectivity index (χ2v) is 8.14. The highest BCUT2D eigenvalue weighted by Crippen LogP contribution is 2.39. The molecule has 2 heterocycles. The lowest BCUT2D eigenvalue weighted by molar-refractivity contribution is -0.123. The molecule has 1 aliphatic rings. The van der Waals surface area contributed by atoms with Gasteiger partial charge in [-0.3, -0.25) is 9.79 Å². The van der Waals surface area contributed by atoms with Crippen LogP contribution in [0.3, 0.4) is 0 Å². The summed E-state index contributed by atoms with van der Waals surface area (Å²) in [5.41, 5.74) is 1.73. The van der Waals surface area contributed by atoms with Crippen molar-refractivity contribution in [3.8, 4) is 11.9 Å². The number of aromatic hydroxyl groups is 1. The number of benzene rings is 2. The molecule has 0 aliphatic carbocycles. The van der Waals surface area contributed by atoms with Crippen LogP contribution in [0, 0.1) is 24.1 Å². The minimum absolute atomic E-state index is 0.00554. The monoisotopic (exact) mass is 495 g/mol. The van der Waals surface area contributed by atoms with Gasteiger partial charge in [-0.05, 0) is 42.3 Å². The highest BCUT2D eigenvalue weighted by Gasteiger charge is 2.29. The number of fused-ring (bicyclic) bond motifs is 1. The Hall–Kier alpha value is -4.20. The van der Waals surface area contributed by atoms with Crippen LogP contribution in [0.5, 0.6) is 5.88 Å². The number of rotatable bonds is 6. The summed E-state index contributed by atoms with van der Waals surface area (Å²) in [7, 11) is 0. The van der Waals surface area contributed by atoms with Crippen LogP contribution in [0.15, 0.2) is 40.1 Å². The van der Waals surface area contributed by atoms with E-state index in [4.69, 9.17) is 22.0 Å². The molecule has 9 nitrogen and oxygen atoms in total. The number of hydrogen-bond acceptors (Lipinski definition) is 6. The molecular formula is C24H19ClFN5O4. The van der Waals surface area contributed by atoms with Gasteiger partial charge >= 0.3 is 5.69 Å². The molecule has 1 aromatic heterocycles. The van der Waals surface area contributed by atoms with Crippen molar-refractivity contribution in [2.45, 2.75) is 13.0 Å². The number of nitriles is 1. The first-order valence-electron chi connectivity index (χ1n) is 10.4. The number of carbonyl (C=O) groups is 1. The highest BCUT2D eigenvalue weighted by atomic mass is 35.5. The van der Waals surface area contributed by atoms with Gasteiger partial charge in [-0.2, -0.15) is 5.26 Å². The van der Waals surface area contributed by atoms with Crippen LogP contribution in [-0.4, -0.2) is 45.0 Å². The molecule has 1 atom stereocenters. The molecular weight excluding hydrogens is 477 g/mol. The number of aromatic amines is 1. The number of aliphatic hydroxyl groups excluding tert-OH is 1. The van der Waals surface area contributed by atoms with Crippen LogP contribution >= 0.6 is 11.6 Å². The van der Waals surface area contributed by atoms with E-state index in [1.165, 1.54) is 18.2 Å². The number of hydrogen-bond donors (Lipinski definition) is 4. The van der Waals surface area contributed by atoms with Gasteiger partial charge in [-0.25, -0.2) is 13.8 Å². The number of imidazole rings is 1. The van der Waals surface area contributed by atoms with E-state index in [1.807, 2.05) is 6.92 Å². The van der Waals surface area contributed by atoms with E-state index in [0.29, 0.717) is 16.3 Å². The summed E-state index contributed by atoms with van der Waals surface area (Å²) in [5, 5.41) is 32.0. The molecule has 3 aromatic rings. The summed E-state index contributed by atoms with van der Waals surface area (Å²) in [6.07, 6.45) is 3.06. The number of aliphatic imine (C=N–C) groups is 1. The van der Waals surface area contributed by atoms with Crippen LogP contribution in [0.1, 0.15) is 34.0 Å². The number of amides is 1. The molecule has 178 valence electrons. The van der Waals surface area contributed by atoms with E-state index < -0.39 is 29.3 Å². The zero-order valence-electron chi connectivity index (χ0n) is 18.3. The molecule has 0 spiro atoms. The Labute approximate surface area is 203 Å². The van der Waals surface area contributed by atoms with Crippen molar-refractivity contribution in [2.75, 3.05) is 13.2 Å². The first-order valence-corrected chi connectivity index (χ1v) is 10.8. The second-order valence-electron chi connectivity index (χ2n) is 7.73. The molecule has 4 N–H and O–H groups in total. The maximum atomic E-state index is 14.3. The molecule has 11 heteroatoms. The highest BCUT2D eigenvalue weighted by molar-refractivity contribution is 6.32. The van der Waals surface area contributed by atoms with Gasteiger partial charge in [0.05, 0.1) is 17.9 Å². The van der Waals surface area contributed by atoms with E-state index in [9.17, 15) is 19.1 Å². The fourth-order valence-corrected chi connectivity index (χ4v) is 3.98. The zero-order chi connectivity index (χ0) is 25.3. The van der Waals surface area contributed by atoms with Crippen molar-refractivity contribution >= 4 is 41.1 Å². The Balaban J connectivity index is 1.82. The average Bonchev–Trinajstić information content (AvgIpc) is 3.36. The van der Waals surface area contributed by atoms with Gasteiger partial charge in [0.1, 0.15) is 23.6 Å². The number of carbonyl (C=O) groups excluding carboxylic acids is 1. The maximum absolute atomic E-state index is 14.3. The normalized spacial score (nSPS) is 14.1. The zero-order valence-corrected chi connectivity index (χ0v) is 19.1. The summed E-state index contributed by atoms with van der Waals surface area (Å²) < 4.78 is 15.1. The third-order valence-electron chi connectivity index (χ3n) is 5.58. The van der Waals surface area contributed by atoms with Gasteiger partial charge in [-0.15, -0.1) is 0 Å². The quantitative estimate of drug-likeness (QED) is 0.415. The van der Waals surface area contributed by atoms with Crippen molar-refractivity contribution < 1.29 is 19.4 Å². The summed E-state index contributed by atoms with van der Waals surface area (Å²) in [6, 6.07) is 7.12. The standard InChI is InChI=1S/C24H19ClFN5O4/c1-12-17(25)5-4-16-15(11-29-20(12)16)9-19-23(34)31(24(35)30-19)21(22(33)28-6-7-32)13-2-3-14(10-27)18(26)8-13/h2-5,8-9,11,21,32,34H,6-7H2,1H3,(H,28,33)(H,30,35)/b15-9+. The van der Waals surface area contributed by atoms with Crippen molar-refractivity contribution in [3.63, 3.8) is 0 Å². The molecule has 1 aliphatic heterocycles. The van der Waals surface area contributed by atoms with Gasteiger partial charge < -0.3 is 20.5 Å². The third kappa shape index (κ3) is 4.35. The predicted molar refractivity (Wildman–Crippen MR) is 128 cm³/mol. The fourth-order valence-electron chi connectivity index (χ4n) is 3.83. The van der Waals surface area contributed by atoms with Crippen molar-refractivity contribution in [1.29, 1.82) is 5.26 Å². The van der Waals surface area contributed by atoms with Crippen LogP contribution < -0.4 is 11.0 Å². The van der Waals surface area contributed by atoms with Crippen molar-refractivity contribution in [3.05, 3.63) is 79.6 Å². The smallest absolute Gasteiger partial charge is 0.329 e. The Morgan fingerprint density at radius 3 is 2.86 bits per heavy atom. The number of H-pyrrole nitrogens is 1.